The molecule has 1 heterocycles. The molecule has 2 unspecified atom stereocenters. The van der Waals surface area contributed by atoms with Gasteiger partial charge in [-0.1, -0.05) is 0 Å². The van der Waals surface area contributed by atoms with Gasteiger partial charge in [0.05, 0.1) is 6.10 Å². The molecule has 5 atom stereocenters. The van der Waals surface area contributed by atoms with Crippen molar-refractivity contribution < 1.29 is 42.9 Å². The number of ether oxygens (including phenoxy) is 5. The highest BCUT2D eigenvalue weighted by molar-refractivity contribution is 5.68. The molecule has 0 aromatic heterocycles. The monoisotopic (exact) mass is 346 g/mol. The van der Waals surface area contributed by atoms with Crippen LogP contribution in [0.1, 0.15) is 34.6 Å². The Hall–Kier alpha value is -2.16. The molecule has 1 aliphatic heterocycles. The molecule has 9 nitrogen and oxygen atoms in total. The summed E-state index contributed by atoms with van der Waals surface area (Å²) in [5, 5.41) is 0. The number of hydrogen-bond acceptors (Lipinski definition) is 9. The van der Waals surface area contributed by atoms with Crippen LogP contribution in [0.25, 0.3) is 0 Å². The van der Waals surface area contributed by atoms with E-state index in [0.29, 0.717) is 0 Å². The molecule has 0 amide bonds. The van der Waals surface area contributed by atoms with Gasteiger partial charge in [-0.15, -0.1) is 0 Å². The quantitative estimate of drug-likeness (QED) is 0.506. The number of esters is 4. The molecular formula is C15H22O9. The summed E-state index contributed by atoms with van der Waals surface area (Å²) in [6, 6.07) is 0. The lowest BCUT2D eigenvalue weighted by Crippen LogP contribution is -2.61. The normalized spacial score (nSPS) is 29.3. The first-order valence-electron chi connectivity index (χ1n) is 7.42. The summed E-state index contributed by atoms with van der Waals surface area (Å²) in [4.78, 5) is 45.2. The van der Waals surface area contributed by atoms with Gasteiger partial charge < -0.3 is 23.7 Å². The Labute approximate surface area is 139 Å². The van der Waals surface area contributed by atoms with Crippen molar-refractivity contribution in [3.63, 3.8) is 0 Å². The van der Waals surface area contributed by atoms with E-state index in [2.05, 4.69) is 0 Å². The van der Waals surface area contributed by atoms with E-state index in [0.717, 1.165) is 0 Å². The maximum atomic E-state index is 11.4. The van der Waals surface area contributed by atoms with Gasteiger partial charge in [-0.05, 0) is 6.92 Å². The molecule has 0 N–H and O–H groups in total. The van der Waals surface area contributed by atoms with Crippen LogP contribution in [0, 0.1) is 0 Å². The molecule has 1 fully saturated rings. The molecule has 0 spiro atoms. The number of hydrogen-bond donors (Lipinski definition) is 0. The number of carbonyl (C=O) groups is 4. The fourth-order valence-electron chi connectivity index (χ4n) is 2.44. The van der Waals surface area contributed by atoms with Gasteiger partial charge in [-0.2, -0.15) is 0 Å². The van der Waals surface area contributed by atoms with Crippen LogP contribution in [0.15, 0.2) is 0 Å². The van der Waals surface area contributed by atoms with Gasteiger partial charge in [0, 0.05) is 27.7 Å². The van der Waals surface area contributed by atoms with Crippen molar-refractivity contribution in [2.45, 2.75) is 65.1 Å². The topological polar surface area (TPSA) is 114 Å². The molecule has 136 valence electrons. The zero-order chi connectivity index (χ0) is 18.4. The Morgan fingerprint density at radius 2 is 1.21 bits per heavy atom. The van der Waals surface area contributed by atoms with Crippen molar-refractivity contribution in [3.05, 3.63) is 0 Å². The van der Waals surface area contributed by atoms with Crippen molar-refractivity contribution in [1.82, 2.24) is 0 Å². The maximum absolute atomic E-state index is 11.4. The average molecular weight is 346 g/mol. The minimum atomic E-state index is -1.09. The third-order valence-corrected chi connectivity index (χ3v) is 3.22. The fraction of sp³-hybridized carbons (Fsp3) is 0.733. The van der Waals surface area contributed by atoms with Gasteiger partial charge in [-0.25, -0.2) is 0 Å². The van der Waals surface area contributed by atoms with Crippen LogP contribution >= 0.6 is 0 Å². The average Bonchev–Trinajstić information content (AvgIpc) is 2.42. The summed E-state index contributed by atoms with van der Waals surface area (Å²) in [6.07, 6.45) is -4.69. The second-order valence-electron chi connectivity index (χ2n) is 5.40. The number of rotatable bonds is 5. The summed E-state index contributed by atoms with van der Waals surface area (Å²) >= 11 is 0. The summed E-state index contributed by atoms with van der Waals surface area (Å²) in [5.41, 5.74) is 0. The van der Waals surface area contributed by atoms with E-state index in [-0.39, 0.29) is 6.61 Å². The Morgan fingerprint density at radius 3 is 1.67 bits per heavy atom. The second-order valence-corrected chi connectivity index (χ2v) is 5.40. The molecule has 1 rings (SSSR count). The van der Waals surface area contributed by atoms with Crippen molar-refractivity contribution in [1.29, 1.82) is 0 Å². The van der Waals surface area contributed by atoms with E-state index in [1.807, 2.05) is 0 Å². The molecule has 0 aromatic rings. The van der Waals surface area contributed by atoms with Crippen molar-refractivity contribution in [3.8, 4) is 0 Å². The Kier molecular flexibility index (Phi) is 7.15. The highest BCUT2D eigenvalue weighted by Crippen LogP contribution is 2.28. The molecule has 24 heavy (non-hydrogen) atoms. The van der Waals surface area contributed by atoms with Crippen LogP contribution < -0.4 is 0 Å². The van der Waals surface area contributed by atoms with Gasteiger partial charge in [-0.3, -0.25) is 19.2 Å². The third-order valence-electron chi connectivity index (χ3n) is 3.22. The van der Waals surface area contributed by atoms with Crippen LogP contribution in [-0.2, 0) is 42.9 Å². The Bertz CT molecular complexity index is 501. The molecule has 1 saturated heterocycles. The smallest absolute Gasteiger partial charge is 0.303 e. The fourth-order valence-corrected chi connectivity index (χ4v) is 2.44. The van der Waals surface area contributed by atoms with E-state index < -0.39 is 54.4 Å². The van der Waals surface area contributed by atoms with E-state index in [9.17, 15) is 19.2 Å². The molecule has 0 saturated carbocycles. The van der Waals surface area contributed by atoms with E-state index >= 15 is 0 Å². The Balaban J connectivity index is 3.11. The van der Waals surface area contributed by atoms with Crippen molar-refractivity contribution in [2.75, 3.05) is 6.61 Å². The molecule has 0 radical (unpaired) electrons. The van der Waals surface area contributed by atoms with Crippen LogP contribution in [0.3, 0.4) is 0 Å². The van der Waals surface area contributed by atoms with Crippen molar-refractivity contribution in [2.24, 2.45) is 0 Å². The van der Waals surface area contributed by atoms with Crippen LogP contribution in [0.2, 0.25) is 0 Å². The van der Waals surface area contributed by atoms with Gasteiger partial charge in [0.1, 0.15) is 12.7 Å². The molecule has 0 aromatic carbocycles. The summed E-state index contributed by atoms with van der Waals surface area (Å²) in [6.45, 7) is 6.17. The first kappa shape index (κ1) is 19.9. The minimum absolute atomic E-state index is 0.206. The first-order chi connectivity index (χ1) is 11.1. The van der Waals surface area contributed by atoms with Gasteiger partial charge in [0.15, 0.2) is 18.3 Å². The lowest BCUT2D eigenvalue weighted by Gasteiger charge is -2.43. The molecule has 0 bridgehead atoms. The second kappa shape index (κ2) is 8.62. The lowest BCUT2D eigenvalue weighted by molar-refractivity contribution is -0.249. The summed E-state index contributed by atoms with van der Waals surface area (Å²) in [7, 11) is 0. The Morgan fingerprint density at radius 1 is 0.750 bits per heavy atom. The first-order valence-corrected chi connectivity index (χ1v) is 7.42. The van der Waals surface area contributed by atoms with Crippen molar-refractivity contribution >= 4 is 23.9 Å². The number of carbonyl (C=O) groups excluding carboxylic acids is 4. The van der Waals surface area contributed by atoms with Gasteiger partial charge >= 0.3 is 23.9 Å². The molecule has 9 heteroatoms. The zero-order valence-corrected chi connectivity index (χ0v) is 14.3. The lowest BCUT2D eigenvalue weighted by atomic mass is 9.95. The van der Waals surface area contributed by atoms with E-state index in [4.69, 9.17) is 23.7 Å². The van der Waals surface area contributed by atoms with E-state index in [1.165, 1.54) is 27.7 Å². The van der Waals surface area contributed by atoms with E-state index in [1.54, 1.807) is 6.92 Å². The molecule has 1 aliphatic rings. The predicted octanol–water partition coefficient (Wildman–Crippen LogP) is 0.132. The summed E-state index contributed by atoms with van der Waals surface area (Å²) < 4.78 is 26.1. The highest BCUT2D eigenvalue weighted by atomic mass is 16.7. The summed E-state index contributed by atoms with van der Waals surface area (Å²) in [5.74, 6) is -2.44. The van der Waals surface area contributed by atoms with Gasteiger partial charge in [0.25, 0.3) is 0 Å². The maximum Gasteiger partial charge on any atom is 0.303 e. The zero-order valence-electron chi connectivity index (χ0n) is 14.3. The van der Waals surface area contributed by atoms with Crippen LogP contribution in [0.5, 0.6) is 0 Å². The predicted molar refractivity (Wildman–Crippen MR) is 77.6 cm³/mol. The molecule has 0 aliphatic carbocycles. The molecular weight excluding hydrogens is 324 g/mol. The van der Waals surface area contributed by atoms with Crippen LogP contribution in [0.4, 0.5) is 0 Å². The highest BCUT2D eigenvalue weighted by Gasteiger charge is 2.50. The minimum Gasteiger partial charge on any atom is -0.463 e. The third kappa shape index (κ3) is 5.80. The van der Waals surface area contributed by atoms with Gasteiger partial charge in [0.2, 0.25) is 0 Å². The standard InChI is InChI=1S/C15H22O9/c1-7-13(22-9(3)17)15(24-11(5)19)14(23-10(4)18)12(21-7)6-20-8(2)16/h7,12-15H,6H2,1-5H3/t7-,12?,13+,14+,15?/m0/s1. The van der Waals surface area contributed by atoms with Crippen LogP contribution in [-0.4, -0.2) is 61.0 Å². The SMILES string of the molecule is CC(=O)OCC1O[C@@H](C)[C@@H](OC(C)=O)C(OC(C)=O)[C@@H]1OC(C)=O. The largest absolute Gasteiger partial charge is 0.463 e.